The minimum absolute atomic E-state index is 0.560. The van der Waals surface area contributed by atoms with Gasteiger partial charge in [-0.25, -0.2) is 0 Å². The molecule has 2 nitrogen and oxygen atoms in total. The first kappa shape index (κ1) is 10.2. The lowest BCUT2D eigenvalue weighted by molar-refractivity contribution is 0.124. The highest BCUT2D eigenvalue weighted by Crippen LogP contribution is 2.18. The van der Waals surface area contributed by atoms with E-state index >= 15 is 0 Å². The third-order valence-corrected chi connectivity index (χ3v) is 2.44. The third-order valence-electron chi connectivity index (χ3n) is 2.44. The molecule has 1 aliphatic carbocycles. The molecule has 1 heterocycles. The lowest BCUT2D eigenvalue weighted by Crippen LogP contribution is -1.97. The van der Waals surface area contributed by atoms with E-state index in [1.54, 1.807) is 0 Å². The minimum atomic E-state index is 0.560. The summed E-state index contributed by atoms with van der Waals surface area (Å²) >= 11 is 0. The predicted octanol–water partition coefficient (Wildman–Crippen LogP) is 3.38. The van der Waals surface area contributed by atoms with Crippen molar-refractivity contribution in [3.63, 3.8) is 0 Å². The van der Waals surface area contributed by atoms with Gasteiger partial charge in [0.05, 0.1) is 6.61 Å². The summed E-state index contributed by atoms with van der Waals surface area (Å²) in [7, 11) is 0. The van der Waals surface area contributed by atoms with Gasteiger partial charge in [0.1, 0.15) is 18.1 Å². The van der Waals surface area contributed by atoms with Crippen LogP contribution in [0.4, 0.5) is 0 Å². The quantitative estimate of drug-likeness (QED) is 0.750. The maximum absolute atomic E-state index is 5.57. The maximum atomic E-state index is 5.57. The van der Waals surface area contributed by atoms with E-state index in [9.17, 15) is 0 Å². The van der Waals surface area contributed by atoms with Crippen molar-refractivity contribution in [2.24, 2.45) is 0 Å². The summed E-state index contributed by atoms with van der Waals surface area (Å²) in [5.74, 6) is 1.84. The Kier molecular flexibility index (Phi) is 3.07. The van der Waals surface area contributed by atoms with Gasteiger partial charge < -0.3 is 9.15 Å². The topological polar surface area (TPSA) is 22.4 Å². The Bertz CT molecular complexity index is 396. The summed E-state index contributed by atoms with van der Waals surface area (Å²) in [6, 6.07) is 3.92. The van der Waals surface area contributed by atoms with Crippen LogP contribution in [-0.4, -0.2) is 6.61 Å². The van der Waals surface area contributed by atoms with Gasteiger partial charge >= 0.3 is 0 Å². The van der Waals surface area contributed by atoms with Gasteiger partial charge in [0.2, 0.25) is 0 Å². The Balaban J connectivity index is 1.72. The van der Waals surface area contributed by atoms with Crippen LogP contribution < -0.4 is 0 Å². The fourth-order valence-electron chi connectivity index (χ4n) is 1.68. The minimum Gasteiger partial charge on any atom is -0.464 e. The van der Waals surface area contributed by atoms with E-state index in [0.29, 0.717) is 13.2 Å². The Morgan fingerprint density at radius 3 is 2.67 bits per heavy atom. The summed E-state index contributed by atoms with van der Waals surface area (Å²) in [5.41, 5.74) is 2.75. The molecular weight excluding hydrogens is 188 g/mol. The molecule has 0 unspecified atom stereocenters. The number of aryl methyl sites for hydroxylation is 1. The molecule has 0 radical (unpaired) electrons. The fourth-order valence-corrected chi connectivity index (χ4v) is 1.68. The lowest BCUT2D eigenvalue weighted by atomic mass is 10.2. The maximum Gasteiger partial charge on any atom is 0.129 e. The third kappa shape index (κ3) is 2.83. The molecule has 0 N–H and O–H groups in total. The molecule has 80 valence electrons. The van der Waals surface area contributed by atoms with E-state index in [0.717, 1.165) is 17.9 Å². The van der Waals surface area contributed by atoms with Gasteiger partial charge in [-0.2, -0.15) is 0 Å². The van der Waals surface area contributed by atoms with Crippen molar-refractivity contribution in [3.8, 4) is 0 Å². The van der Waals surface area contributed by atoms with Gasteiger partial charge in [-0.3, -0.25) is 0 Å². The first-order valence-corrected chi connectivity index (χ1v) is 5.22. The van der Waals surface area contributed by atoms with Gasteiger partial charge in [-0.1, -0.05) is 17.7 Å². The van der Waals surface area contributed by atoms with Crippen LogP contribution in [0.25, 0.3) is 0 Å². The SMILES string of the molecule is CC1=CC=C(COCc2ccc(C)o2)C1. The Morgan fingerprint density at radius 2 is 2.07 bits per heavy atom. The van der Waals surface area contributed by atoms with Gasteiger partial charge in [0.25, 0.3) is 0 Å². The molecule has 2 rings (SSSR count). The zero-order valence-corrected chi connectivity index (χ0v) is 9.25. The zero-order valence-electron chi connectivity index (χ0n) is 9.25. The van der Waals surface area contributed by atoms with Crippen molar-refractivity contribution in [2.45, 2.75) is 26.9 Å². The second kappa shape index (κ2) is 4.49. The molecule has 0 saturated carbocycles. The lowest BCUT2D eigenvalue weighted by Gasteiger charge is -2.03. The van der Waals surface area contributed by atoms with E-state index in [1.807, 2.05) is 19.1 Å². The fraction of sp³-hybridized carbons (Fsp3) is 0.385. The van der Waals surface area contributed by atoms with E-state index < -0.39 is 0 Å². The van der Waals surface area contributed by atoms with Gasteiger partial charge in [0, 0.05) is 0 Å². The van der Waals surface area contributed by atoms with Gasteiger partial charge in [-0.15, -0.1) is 0 Å². The Hall–Kier alpha value is -1.28. The summed E-state index contributed by atoms with van der Waals surface area (Å²) in [4.78, 5) is 0. The average Bonchev–Trinajstić information content (AvgIpc) is 2.76. The molecule has 0 spiro atoms. The summed E-state index contributed by atoms with van der Waals surface area (Å²) in [6.07, 6.45) is 5.34. The zero-order chi connectivity index (χ0) is 10.7. The van der Waals surface area contributed by atoms with Crippen molar-refractivity contribution >= 4 is 0 Å². The van der Waals surface area contributed by atoms with Crippen LogP contribution in [0.3, 0.4) is 0 Å². The molecule has 1 aliphatic rings. The molecule has 15 heavy (non-hydrogen) atoms. The van der Waals surface area contributed by atoms with Crippen molar-refractivity contribution < 1.29 is 9.15 Å². The van der Waals surface area contributed by atoms with E-state index in [-0.39, 0.29) is 0 Å². The number of ether oxygens (including phenoxy) is 1. The number of furan rings is 1. The monoisotopic (exact) mass is 204 g/mol. The smallest absolute Gasteiger partial charge is 0.129 e. The molecule has 0 saturated heterocycles. The average molecular weight is 204 g/mol. The molecule has 0 atom stereocenters. The van der Waals surface area contributed by atoms with Gasteiger partial charge in [0.15, 0.2) is 0 Å². The second-order valence-corrected chi connectivity index (χ2v) is 4.02. The predicted molar refractivity (Wildman–Crippen MR) is 59.6 cm³/mol. The molecule has 0 fully saturated rings. The van der Waals surface area contributed by atoms with E-state index in [2.05, 4.69) is 19.1 Å². The summed E-state index contributed by atoms with van der Waals surface area (Å²) < 4.78 is 11.0. The highest BCUT2D eigenvalue weighted by Gasteiger charge is 2.05. The van der Waals surface area contributed by atoms with Crippen LogP contribution >= 0.6 is 0 Å². The van der Waals surface area contributed by atoms with Crippen molar-refractivity contribution in [1.82, 2.24) is 0 Å². The number of hydrogen-bond acceptors (Lipinski definition) is 2. The summed E-state index contributed by atoms with van der Waals surface area (Å²) in [6.45, 7) is 5.34. The molecule has 0 aromatic carbocycles. The highest BCUT2D eigenvalue weighted by atomic mass is 16.5. The molecule has 2 heteroatoms. The van der Waals surface area contributed by atoms with Crippen molar-refractivity contribution in [3.05, 3.63) is 47.0 Å². The molecular formula is C13H16O2. The molecule has 1 aromatic rings. The van der Waals surface area contributed by atoms with Crippen molar-refractivity contribution in [1.29, 1.82) is 0 Å². The molecule has 0 aliphatic heterocycles. The van der Waals surface area contributed by atoms with Crippen LogP contribution in [0.5, 0.6) is 0 Å². The number of hydrogen-bond donors (Lipinski definition) is 0. The number of rotatable bonds is 4. The van der Waals surface area contributed by atoms with Gasteiger partial charge in [-0.05, 0) is 38.0 Å². The highest BCUT2D eigenvalue weighted by molar-refractivity contribution is 5.29. The first-order valence-electron chi connectivity index (χ1n) is 5.22. The summed E-state index contributed by atoms with van der Waals surface area (Å²) in [5, 5.41) is 0. The van der Waals surface area contributed by atoms with Crippen molar-refractivity contribution in [2.75, 3.05) is 6.61 Å². The van der Waals surface area contributed by atoms with Crippen LogP contribution in [0.1, 0.15) is 24.9 Å². The van der Waals surface area contributed by atoms with Crippen LogP contribution in [0.15, 0.2) is 39.8 Å². The molecule has 0 amide bonds. The van der Waals surface area contributed by atoms with E-state index in [4.69, 9.17) is 9.15 Å². The Labute approximate surface area is 90.2 Å². The normalized spacial score (nSPS) is 15.3. The second-order valence-electron chi connectivity index (χ2n) is 4.02. The molecule has 1 aromatic heterocycles. The van der Waals surface area contributed by atoms with Crippen LogP contribution in [0.2, 0.25) is 0 Å². The standard InChI is InChI=1S/C13H16O2/c1-10-3-5-12(7-10)8-14-9-13-6-4-11(2)15-13/h3-6H,7-9H2,1-2H3. The van der Waals surface area contributed by atoms with E-state index in [1.165, 1.54) is 11.1 Å². The Morgan fingerprint density at radius 1 is 1.20 bits per heavy atom. The van der Waals surface area contributed by atoms with Crippen LogP contribution in [0, 0.1) is 6.92 Å². The number of allylic oxidation sites excluding steroid dienone is 3. The first-order chi connectivity index (χ1) is 7.24. The largest absolute Gasteiger partial charge is 0.464 e. The van der Waals surface area contributed by atoms with Crippen LogP contribution in [-0.2, 0) is 11.3 Å². The molecule has 0 bridgehead atoms.